The molecule has 1 saturated carbocycles. The molecule has 0 heterocycles. The van der Waals surface area contributed by atoms with Gasteiger partial charge in [0.1, 0.15) is 11.5 Å². The van der Waals surface area contributed by atoms with E-state index in [1.54, 1.807) is 14.2 Å². The highest BCUT2D eigenvalue weighted by Gasteiger charge is 2.42. The summed E-state index contributed by atoms with van der Waals surface area (Å²) in [5.41, 5.74) is 7.16. The van der Waals surface area contributed by atoms with E-state index in [1.807, 2.05) is 12.1 Å². The van der Waals surface area contributed by atoms with E-state index in [0.717, 1.165) is 11.5 Å². The lowest BCUT2D eigenvalue weighted by Crippen LogP contribution is -2.18. The van der Waals surface area contributed by atoms with Gasteiger partial charge in [0, 0.05) is 12.1 Å². The molecule has 16 heavy (non-hydrogen) atoms. The number of nitrogens with two attached hydrogens (primary N) is 1. The van der Waals surface area contributed by atoms with Crippen LogP contribution in [-0.4, -0.2) is 20.3 Å². The zero-order valence-electron chi connectivity index (χ0n) is 10.1. The summed E-state index contributed by atoms with van der Waals surface area (Å²) >= 11 is 0. The standard InChI is InChI=1S/C13H19NO2/c1-8(14)11-7-12(11)10-5-4-9(15-2)6-13(10)16-3/h4-6,8,11-12H,7,14H2,1-3H3. The highest BCUT2D eigenvalue weighted by molar-refractivity contribution is 5.45. The summed E-state index contributed by atoms with van der Waals surface area (Å²) in [6, 6.07) is 6.27. The van der Waals surface area contributed by atoms with Gasteiger partial charge in [-0.3, -0.25) is 0 Å². The molecule has 0 amide bonds. The second kappa shape index (κ2) is 4.34. The lowest BCUT2D eigenvalue weighted by atomic mass is 10.1. The maximum absolute atomic E-state index is 5.91. The van der Waals surface area contributed by atoms with Crippen LogP contribution in [-0.2, 0) is 0 Å². The molecule has 0 bridgehead atoms. The van der Waals surface area contributed by atoms with Crippen molar-refractivity contribution >= 4 is 0 Å². The monoisotopic (exact) mass is 221 g/mol. The first-order valence-electron chi connectivity index (χ1n) is 5.65. The van der Waals surface area contributed by atoms with Gasteiger partial charge in [0.05, 0.1) is 14.2 Å². The molecule has 1 aliphatic rings. The minimum Gasteiger partial charge on any atom is -0.497 e. The van der Waals surface area contributed by atoms with Gasteiger partial charge in [-0.2, -0.15) is 0 Å². The predicted octanol–water partition coefficient (Wildman–Crippen LogP) is 2.15. The van der Waals surface area contributed by atoms with E-state index in [2.05, 4.69) is 13.0 Å². The Morgan fingerprint density at radius 1 is 1.31 bits per heavy atom. The Hall–Kier alpha value is -1.22. The van der Waals surface area contributed by atoms with Crippen LogP contribution >= 0.6 is 0 Å². The Morgan fingerprint density at radius 2 is 2.06 bits per heavy atom. The molecule has 0 spiro atoms. The Bertz CT molecular complexity index is 376. The van der Waals surface area contributed by atoms with E-state index >= 15 is 0 Å². The molecule has 3 nitrogen and oxygen atoms in total. The molecule has 1 aliphatic carbocycles. The minimum absolute atomic E-state index is 0.261. The van der Waals surface area contributed by atoms with Crippen LogP contribution < -0.4 is 15.2 Å². The molecule has 0 aliphatic heterocycles. The molecule has 1 aromatic rings. The van der Waals surface area contributed by atoms with Gasteiger partial charge < -0.3 is 15.2 Å². The van der Waals surface area contributed by atoms with Crippen LogP contribution in [0.5, 0.6) is 11.5 Å². The highest BCUT2D eigenvalue weighted by Crippen LogP contribution is 2.52. The molecular weight excluding hydrogens is 202 g/mol. The Balaban J connectivity index is 2.22. The number of hydrogen-bond acceptors (Lipinski definition) is 3. The lowest BCUT2D eigenvalue weighted by Gasteiger charge is -2.11. The summed E-state index contributed by atoms with van der Waals surface area (Å²) in [4.78, 5) is 0. The van der Waals surface area contributed by atoms with Gasteiger partial charge in [-0.1, -0.05) is 6.07 Å². The largest absolute Gasteiger partial charge is 0.497 e. The first-order chi connectivity index (χ1) is 7.67. The van der Waals surface area contributed by atoms with Crippen molar-refractivity contribution in [3.05, 3.63) is 23.8 Å². The summed E-state index contributed by atoms with van der Waals surface area (Å²) in [6.07, 6.45) is 1.17. The smallest absolute Gasteiger partial charge is 0.126 e. The van der Waals surface area contributed by atoms with Crippen molar-refractivity contribution in [3.8, 4) is 11.5 Å². The van der Waals surface area contributed by atoms with E-state index in [0.29, 0.717) is 11.8 Å². The molecule has 2 rings (SSSR count). The maximum Gasteiger partial charge on any atom is 0.126 e. The minimum atomic E-state index is 0.261. The fourth-order valence-electron chi connectivity index (χ4n) is 2.28. The zero-order valence-corrected chi connectivity index (χ0v) is 10.1. The molecule has 1 fully saturated rings. The number of benzene rings is 1. The molecule has 3 atom stereocenters. The van der Waals surface area contributed by atoms with Crippen molar-refractivity contribution in [2.45, 2.75) is 25.3 Å². The first-order valence-corrected chi connectivity index (χ1v) is 5.65. The Kier molecular flexibility index (Phi) is 3.06. The van der Waals surface area contributed by atoms with Crippen LogP contribution in [0, 0.1) is 5.92 Å². The molecule has 88 valence electrons. The van der Waals surface area contributed by atoms with Crippen molar-refractivity contribution in [1.82, 2.24) is 0 Å². The second-order valence-corrected chi connectivity index (χ2v) is 4.47. The molecule has 1 aromatic carbocycles. The van der Waals surface area contributed by atoms with E-state index < -0.39 is 0 Å². The molecule has 3 heteroatoms. The average Bonchev–Trinajstić information content (AvgIpc) is 3.08. The highest BCUT2D eigenvalue weighted by atomic mass is 16.5. The molecule has 3 unspecified atom stereocenters. The maximum atomic E-state index is 5.91. The van der Waals surface area contributed by atoms with Crippen LogP contribution in [0.4, 0.5) is 0 Å². The molecular formula is C13H19NO2. The van der Waals surface area contributed by atoms with E-state index in [9.17, 15) is 0 Å². The SMILES string of the molecule is COc1ccc(C2CC2C(C)N)c(OC)c1. The number of hydrogen-bond donors (Lipinski definition) is 1. The summed E-state index contributed by atoms with van der Waals surface area (Å²) in [6.45, 7) is 2.07. The third-order valence-electron chi connectivity index (χ3n) is 3.36. The second-order valence-electron chi connectivity index (χ2n) is 4.47. The first kappa shape index (κ1) is 11.3. The number of ether oxygens (including phenoxy) is 2. The van der Waals surface area contributed by atoms with Crippen LogP contribution in [0.1, 0.15) is 24.8 Å². The topological polar surface area (TPSA) is 44.5 Å². The van der Waals surface area contributed by atoms with Crippen molar-refractivity contribution in [2.75, 3.05) is 14.2 Å². The van der Waals surface area contributed by atoms with Crippen LogP contribution in [0.25, 0.3) is 0 Å². The van der Waals surface area contributed by atoms with Gasteiger partial charge >= 0.3 is 0 Å². The van der Waals surface area contributed by atoms with Gasteiger partial charge in [-0.25, -0.2) is 0 Å². The average molecular weight is 221 g/mol. The van der Waals surface area contributed by atoms with Crippen molar-refractivity contribution < 1.29 is 9.47 Å². The van der Waals surface area contributed by atoms with Crippen molar-refractivity contribution in [2.24, 2.45) is 11.7 Å². The quantitative estimate of drug-likeness (QED) is 0.847. The fourth-order valence-corrected chi connectivity index (χ4v) is 2.28. The van der Waals surface area contributed by atoms with Crippen molar-refractivity contribution in [3.63, 3.8) is 0 Å². The van der Waals surface area contributed by atoms with Crippen LogP contribution in [0.2, 0.25) is 0 Å². The Morgan fingerprint density at radius 3 is 2.56 bits per heavy atom. The molecule has 0 aromatic heterocycles. The molecule has 0 saturated heterocycles. The predicted molar refractivity (Wildman–Crippen MR) is 64.0 cm³/mol. The van der Waals surface area contributed by atoms with E-state index in [4.69, 9.17) is 15.2 Å². The molecule has 0 radical (unpaired) electrons. The third-order valence-corrected chi connectivity index (χ3v) is 3.36. The Labute approximate surface area is 96.5 Å². The van der Waals surface area contributed by atoms with E-state index in [1.165, 1.54) is 12.0 Å². The van der Waals surface area contributed by atoms with E-state index in [-0.39, 0.29) is 6.04 Å². The van der Waals surface area contributed by atoms with Crippen LogP contribution in [0.3, 0.4) is 0 Å². The summed E-state index contributed by atoms with van der Waals surface area (Å²) in [7, 11) is 3.36. The summed E-state index contributed by atoms with van der Waals surface area (Å²) in [5.74, 6) is 2.90. The fraction of sp³-hybridized carbons (Fsp3) is 0.538. The van der Waals surface area contributed by atoms with Gasteiger partial charge in [0.25, 0.3) is 0 Å². The van der Waals surface area contributed by atoms with Crippen molar-refractivity contribution in [1.29, 1.82) is 0 Å². The number of rotatable bonds is 4. The van der Waals surface area contributed by atoms with Gasteiger partial charge in [0.2, 0.25) is 0 Å². The third kappa shape index (κ3) is 2.00. The van der Waals surface area contributed by atoms with Gasteiger partial charge in [-0.05, 0) is 36.8 Å². The zero-order chi connectivity index (χ0) is 11.7. The van der Waals surface area contributed by atoms with Gasteiger partial charge in [0.15, 0.2) is 0 Å². The summed E-state index contributed by atoms with van der Waals surface area (Å²) < 4.78 is 10.6. The number of methoxy groups -OCH3 is 2. The van der Waals surface area contributed by atoms with Crippen LogP contribution in [0.15, 0.2) is 18.2 Å². The van der Waals surface area contributed by atoms with Gasteiger partial charge in [-0.15, -0.1) is 0 Å². The summed E-state index contributed by atoms with van der Waals surface area (Å²) in [5, 5.41) is 0. The molecule has 2 N–H and O–H groups in total. The normalized spacial score (nSPS) is 25.0. The lowest BCUT2D eigenvalue weighted by molar-refractivity contribution is 0.390.